The van der Waals surface area contributed by atoms with Crippen LogP contribution in [0.25, 0.3) is 0 Å². The zero-order valence-electron chi connectivity index (χ0n) is 11.4. The first kappa shape index (κ1) is 14.5. The van der Waals surface area contributed by atoms with E-state index in [0.717, 1.165) is 15.7 Å². The number of carboxylic acids is 1. The Labute approximate surface area is 125 Å². The maximum Gasteiger partial charge on any atom is 0.354 e. The molecule has 1 aromatic carbocycles. The molecule has 0 atom stereocenters. The van der Waals surface area contributed by atoms with Crippen molar-refractivity contribution in [3.63, 3.8) is 0 Å². The van der Waals surface area contributed by atoms with Crippen molar-refractivity contribution in [2.45, 2.75) is 13.8 Å². The number of nitrogens with zero attached hydrogens (tertiary/aromatic N) is 3. The van der Waals surface area contributed by atoms with E-state index in [-0.39, 0.29) is 5.69 Å². The van der Waals surface area contributed by atoms with Crippen LogP contribution >= 0.6 is 15.9 Å². The largest absolute Gasteiger partial charge is 0.477 e. The molecule has 0 saturated heterocycles. The summed E-state index contributed by atoms with van der Waals surface area (Å²) in [6.07, 6.45) is 0. The van der Waals surface area contributed by atoms with Crippen molar-refractivity contribution in [2.24, 2.45) is 0 Å². The molecule has 0 aliphatic carbocycles. The van der Waals surface area contributed by atoms with Gasteiger partial charge in [0.25, 0.3) is 0 Å². The normalized spacial score (nSPS) is 10.4. The van der Waals surface area contributed by atoms with Crippen LogP contribution in [-0.2, 0) is 0 Å². The van der Waals surface area contributed by atoms with Gasteiger partial charge in [-0.2, -0.15) is 0 Å². The van der Waals surface area contributed by atoms with E-state index in [4.69, 9.17) is 5.11 Å². The molecule has 0 radical (unpaired) electrons. The van der Waals surface area contributed by atoms with Crippen LogP contribution in [0, 0.1) is 13.8 Å². The Kier molecular flexibility index (Phi) is 4.04. The lowest BCUT2D eigenvalue weighted by molar-refractivity contribution is 0.0690. The molecule has 0 unspecified atom stereocenters. The molecule has 2 aromatic rings. The van der Waals surface area contributed by atoms with E-state index in [9.17, 15) is 4.79 Å². The highest BCUT2D eigenvalue weighted by Gasteiger charge is 2.14. The molecule has 0 aliphatic rings. The maximum absolute atomic E-state index is 11.1. The third-order valence-corrected chi connectivity index (χ3v) is 3.39. The highest BCUT2D eigenvalue weighted by atomic mass is 79.9. The fourth-order valence-corrected chi connectivity index (χ4v) is 2.21. The van der Waals surface area contributed by atoms with Crippen LogP contribution in [0.5, 0.6) is 0 Å². The van der Waals surface area contributed by atoms with E-state index in [1.165, 1.54) is 6.07 Å². The monoisotopic (exact) mass is 335 g/mol. The lowest BCUT2D eigenvalue weighted by Crippen LogP contribution is -2.16. The Balaban J connectivity index is 2.50. The molecule has 0 bridgehead atoms. The number of carboxylic acid groups (broad SMARTS) is 1. The number of aryl methyl sites for hydroxylation is 2. The quantitative estimate of drug-likeness (QED) is 0.931. The lowest BCUT2D eigenvalue weighted by Gasteiger charge is -2.20. The number of hydrogen-bond acceptors (Lipinski definition) is 4. The number of halogens is 1. The topological polar surface area (TPSA) is 66.3 Å². The average Bonchev–Trinajstić information content (AvgIpc) is 2.40. The molecule has 5 nitrogen and oxygen atoms in total. The summed E-state index contributed by atoms with van der Waals surface area (Å²) in [5.74, 6) is -0.695. The summed E-state index contributed by atoms with van der Waals surface area (Å²) in [5, 5.41) is 9.07. The maximum atomic E-state index is 11.1. The second kappa shape index (κ2) is 5.58. The first-order chi connectivity index (χ1) is 9.38. The molecule has 1 N–H and O–H groups in total. The SMILES string of the molecule is Cc1cc(C(=O)O)nc(N(C)c2cc(Br)ccc2C)n1. The molecular weight excluding hydrogens is 322 g/mol. The Bertz CT molecular complexity index is 673. The van der Waals surface area contributed by atoms with E-state index < -0.39 is 5.97 Å². The molecule has 6 heteroatoms. The Morgan fingerprint density at radius 3 is 2.60 bits per heavy atom. The fraction of sp³-hybridized carbons (Fsp3) is 0.214. The molecule has 2 rings (SSSR count). The van der Waals surface area contributed by atoms with Crippen molar-refractivity contribution in [2.75, 3.05) is 11.9 Å². The third-order valence-electron chi connectivity index (χ3n) is 2.89. The van der Waals surface area contributed by atoms with Crippen LogP contribution in [0.4, 0.5) is 11.6 Å². The number of aromatic nitrogens is 2. The number of anilines is 2. The summed E-state index contributed by atoms with van der Waals surface area (Å²) in [4.78, 5) is 21.2. The van der Waals surface area contributed by atoms with Crippen molar-refractivity contribution in [3.8, 4) is 0 Å². The first-order valence-electron chi connectivity index (χ1n) is 5.97. The van der Waals surface area contributed by atoms with E-state index in [0.29, 0.717) is 11.6 Å². The van der Waals surface area contributed by atoms with Gasteiger partial charge in [0.2, 0.25) is 5.95 Å². The van der Waals surface area contributed by atoms with Crippen molar-refractivity contribution in [1.82, 2.24) is 9.97 Å². The predicted molar refractivity (Wildman–Crippen MR) is 80.7 cm³/mol. The van der Waals surface area contributed by atoms with Gasteiger partial charge in [0.15, 0.2) is 5.69 Å². The van der Waals surface area contributed by atoms with Gasteiger partial charge in [-0.3, -0.25) is 0 Å². The Hall–Kier alpha value is -1.95. The van der Waals surface area contributed by atoms with Crippen molar-refractivity contribution >= 4 is 33.5 Å². The highest BCUT2D eigenvalue weighted by Crippen LogP contribution is 2.27. The van der Waals surface area contributed by atoms with Crippen LogP contribution in [0.1, 0.15) is 21.7 Å². The zero-order valence-corrected chi connectivity index (χ0v) is 13.0. The van der Waals surface area contributed by atoms with Gasteiger partial charge in [-0.15, -0.1) is 0 Å². The van der Waals surface area contributed by atoms with Gasteiger partial charge in [0, 0.05) is 22.9 Å². The summed E-state index contributed by atoms with van der Waals surface area (Å²) in [5.41, 5.74) is 2.58. The molecule has 20 heavy (non-hydrogen) atoms. The van der Waals surface area contributed by atoms with Crippen LogP contribution in [0.2, 0.25) is 0 Å². The van der Waals surface area contributed by atoms with Gasteiger partial charge in [-0.05, 0) is 37.6 Å². The lowest BCUT2D eigenvalue weighted by atomic mass is 10.2. The average molecular weight is 336 g/mol. The molecule has 1 heterocycles. The van der Waals surface area contributed by atoms with Gasteiger partial charge in [-0.25, -0.2) is 14.8 Å². The van der Waals surface area contributed by atoms with Gasteiger partial charge < -0.3 is 10.0 Å². The second-order valence-electron chi connectivity index (χ2n) is 4.49. The van der Waals surface area contributed by atoms with Crippen LogP contribution in [-0.4, -0.2) is 28.1 Å². The standard InChI is InChI=1S/C14H14BrN3O2/c1-8-4-5-10(15)7-12(8)18(3)14-16-9(2)6-11(17-14)13(19)20/h4-7H,1-3H3,(H,19,20). The molecule has 0 amide bonds. The summed E-state index contributed by atoms with van der Waals surface area (Å²) in [7, 11) is 1.81. The number of aromatic carboxylic acids is 1. The minimum absolute atomic E-state index is 0.00741. The van der Waals surface area contributed by atoms with Gasteiger partial charge >= 0.3 is 5.97 Å². The van der Waals surface area contributed by atoms with Crippen molar-refractivity contribution in [1.29, 1.82) is 0 Å². The highest BCUT2D eigenvalue weighted by molar-refractivity contribution is 9.10. The van der Waals surface area contributed by atoms with Gasteiger partial charge in [0.05, 0.1) is 0 Å². The molecule has 0 spiro atoms. The summed E-state index contributed by atoms with van der Waals surface area (Å²) in [6, 6.07) is 7.32. The summed E-state index contributed by atoms with van der Waals surface area (Å²) in [6.45, 7) is 3.73. The van der Waals surface area contributed by atoms with Crippen LogP contribution < -0.4 is 4.90 Å². The molecule has 0 saturated carbocycles. The van der Waals surface area contributed by atoms with E-state index >= 15 is 0 Å². The Morgan fingerprint density at radius 2 is 1.95 bits per heavy atom. The smallest absolute Gasteiger partial charge is 0.354 e. The number of rotatable bonds is 3. The second-order valence-corrected chi connectivity index (χ2v) is 5.41. The molecule has 1 aromatic heterocycles. The third kappa shape index (κ3) is 2.96. The number of carbonyl (C=O) groups is 1. The first-order valence-corrected chi connectivity index (χ1v) is 6.76. The van der Waals surface area contributed by atoms with Crippen LogP contribution in [0.15, 0.2) is 28.7 Å². The molecule has 0 aliphatic heterocycles. The van der Waals surface area contributed by atoms with E-state index in [1.807, 2.05) is 32.2 Å². The van der Waals surface area contributed by atoms with E-state index in [2.05, 4.69) is 25.9 Å². The number of benzene rings is 1. The predicted octanol–water partition coefficient (Wildman–Crippen LogP) is 3.32. The minimum Gasteiger partial charge on any atom is -0.477 e. The van der Waals surface area contributed by atoms with Crippen molar-refractivity contribution < 1.29 is 9.90 Å². The van der Waals surface area contributed by atoms with Gasteiger partial charge in [-0.1, -0.05) is 22.0 Å². The van der Waals surface area contributed by atoms with E-state index in [1.54, 1.807) is 11.8 Å². The van der Waals surface area contributed by atoms with Gasteiger partial charge in [0.1, 0.15) is 0 Å². The minimum atomic E-state index is -1.06. The molecular formula is C14H14BrN3O2. The number of hydrogen-bond donors (Lipinski definition) is 1. The van der Waals surface area contributed by atoms with Crippen molar-refractivity contribution in [3.05, 3.63) is 45.7 Å². The Morgan fingerprint density at radius 1 is 1.25 bits per heavy atom. The molecule has 104 valence electrons. The summed E-state index contributed by atoms with van der Waals surface area (Å²) < 4.78 is 0.941. The fourth-order valence-electron chi connectivity index (χ4n) is 1.86. The molecule has 0 fully saturated rings. The zero-order chi connectivity index (χ0) is 14.9. The summed E-state index contributed by atoms with van der Waals surface area (Å²) >= 11 is 3.43. The van der Waals surface area contributed by atoms with Crippen LogP contribution in [0.3, 0.4) is 0 Å².